The van der Waals surface area contributed by atoms with Crippen LogP contribution in [0.25, 0.3) is 6.08 Å². The van der Waals surface area contributed by atoms with E-state index >= 15 is 0 Å². The van der Waals surface area contributed by atoms with Gasteiger partial charge in [-0.2, -0.15) is 0 Å². The number of pyridine rings is 3. The van der Waals surface area contributed by atoms with E-state index in [2.05, 4.69) is 34.7 Å². The van der Waals surface area contributed by atoms with Crippen LogP contribution in [0.15, 0.2) is 227 Å². The first kappa shape index (κ1) is 75.8. The van der Waals surface area contributed by atoms with Crippen molar-refractivity contribution >= 4 is 81.8 Å². The SMILES string of the molecule is C.CN1CN(C23C(=Cc4c2ccc(F)c4Cl)Cc2ccccc23)n2ccc(=O)c(OCc3ccccc3)c2C1=O.CN1CN(C23c4ccccc4CC2Cc2c3ccc(F)c2Cl)n2ccc(=O)c(O)c2C1=O.CN1CNn2ccc(=O)c(OCc3ccccc3)c2C1=O.Fc1ccc2c(c1Cl)CC1(Cl)Cc3ccccc3C21Cl. The molecule has 6 heterocycles. The molecule has 0 saturated carbocycles. The van der Waals surface area contributed by atoms with Gasteiger partial charge in [0.1, 0.15) is 66.6 Å². The van der Waals surface area contributed by atoms with Gasteiger partial charge in [-0.1, -0.05) is 200 Å². The number of alkyl halides is 2. The van der Waals surface area contributed by atoms with E-state index in [1.165, 1.54) is 68.8 Å². The maximum absolute atomic E-state index is 14.6. The van der Waals surface area contributed by atoms with Gasteiger partial charge in [0.05, 0.1) is 19.9 Å². The lowest BCUT2D eigenvalue weighted by atomic mass is 9.81. The quantitative estimate of drug-likeness (QED) is 0.137. The lowest BCUT2D eigenvalue weighted by Crippen LogP contribution is -2.62. The third kappa shape index (κ3) is 11.7. The Hall–Kier alpha value is -11.2. The summed E-state index contributed by atoms with van der Waals surface area (Å²) >= 11 is 32.9. The number of halogens is 8. The van der Waals surface area contributed by atoms with Crippen molar-refractivity contribution in [2.45, 2.75) is 73.6 Å². The van der Waals surface area contributed by atoms with Crippen molar-refractivity contribution < 1.29 is 42.1 Å². The normalized spacial score (nSPS) is 20.9. The van der Waals surface area contributed by atoms with Gasteiger partial charge in [0.2, 0.25) is 16.3 Å². The average Bonchev–Trinajstić information content (AvgIpc) is 1.54. The molecule has 9 aliphatic rings. The molecule has 113 heavy (non-hydrogen) atoms. The van der Waals surface area contributed by atoms with Crippen LogP contribution < -0.4 is 41.2 Å². The van der Waals surface area contributed by atoms with E-state index in [1.807, 2.05) is 120 Å². The number of amides is 3. The number of ether oxygens (including phenoxy) is 2. The summed E-state index contributed by atoms with van der Waals surface area (Å²) in [5.74, 6) is -2.84. The Morgan fingerprint density at radius 2 is 0.991 bits per heavy atom. The van der Waals surface area contributed by atoms with Crippen molar-refractivity contribution in [1.29, 1.82) is 0 Å². The minimum Gasteiger partial charge on any atom is -0.502 e. The number of aromatic nitrogens is 3. The van der Waals surface area contributed by atoms with Crippen LogP contribution in [0.1, 0.15) is 117 Å². The number of fused-ring (bicyclic) bond motifs is 18. The zero-order chi connectivity index (χ0) is 78.2. The zero-order valence-corrected chi connectivity index (χ0v) is 63.9. The highest BCUT2D eigenvalue weighted by molar-refractivity contribution is 6.39. The molecule has 3 aliphatic heterocycles. The highest BCUT2D eigenvalue weighted by Crippen LogP contribution is 2.64. The van der Waals surface area contributed by atoms with Crippen molar-refractivity contribution in [3.63, 3.8) is 0 Å². The fourth-order valence-electron chi connectivity index (χ4n) is 17.9. The molecule has 11 aromatic rings. The van der Waals surface area contributed by atoms with Crippen molar-refractivity contribution in [3.8, 4) is 17.2 Å². The molecule has 2 N–H and O–H groups in total. The molecule has 0 bridgehead atoms. The molecule has 6 aliphatic carbocycles. The molecule has 0 saturated heterocycles. The Kier molecular flexibility index (Phi) is 19.3. The van der Waals surface area contributed by atoms with Crippen LogP contribution in [0.3, 0.4) is 0 Å². The van der Waals surface area contributed by atoms with Crippen LogP contribution in [0.5, 0.6) is 17.2 Å². The molecule has 5 atom stereocenters. The van der Waals surface area contributed by atoms with Gasteiger partial charge in [0, 0.05) is 69.4 Å². The van der Waals surface area contributed by atoms with Gasteiger partial charge in [0.25, 0.3) is 17.7 Å². The minimum absolute atomic E-state index is 0. The first-order valence-electron chi connectivity index (χ1n) is 36.0. The Bertz CT molecular complexity index is 6030. The molecular formula is C87H71Cl5F3N9O9. The molecule has 26 heteroatoms. The van der Waals surface area contributed by atoms with Crippen LogP contribution in [-0.4, -0.2) is 97.6 Å². The molecular weight excluding hydrogens is 1550 g/mol. The van der Waals surface area contributed by atoms with E-state index in [1.54, 1.807) is 59.8 Å². The highest BCUT2D eigenvalue weighted by atomic mass is 35.5. The molecule has 18 nitrogen and oxygen atoms in total. The van der Waals surface area contributed by atoms with Crippen molar-refractivity contribution in [3.05, 3.63) is 370 Å². The lowest BCUT2D eigenvalue weighted by molar-refractivity contribution is 0.0694. The van der Waals surface area contributed by atoms with E-state index in [-0.39, 0.29) is 106 Å². The van der Waals surface area contributed by atoms with Gasteiger partial charge in [0.15, 0.2) is 34.3 Å². The Balaban J connectivity index is 0.000000118. The topological polar surface area (TPSA) is 184 Å². The Morgan fingerprint density at radius 1 is 0.487 bits per heavy atom. The van der Waals surface area contributed by atoms with E-state index in [0.717, 1.165) is 78.8 Å². The summed E-state index contributed by atoms with van der Waals surface area (Å²) in [6.45, 7) is 1.19. The number of aromatic hydroxyl groups is 1. The molecule has 8 aromatic carbocycles. The molecule has 20 rings (SSSR count). The van der Waals surface area contributed by atoms with Crippen molar-refractivity contribution in [1.82, 2.24) is 28.7 Å². The number of hydrogen-bond donors (Lipinski definition) is 2. The zero-order valence-electron chi connectivity index (χ0n) is 60.2. The van der Waals surface area contributed by atoms with E-state index < -0.39 is 55.4 Å². The van der Waals surface area contributed by atoms with Crippen LogP contribution in [-0.2, 0) is 61.3 Å². The molecule has 0 spiro atoms. The number of carbonyl (C=O) groups is 3. The largest absolute Gasteiger partial charge is 0.502 e. The fraction of sp³-hybridized carbons (Fsp3) is 0.218. The van der Waals surface area contributed by atoms with Gasteiger partial charge in [-0.05, 0) is 128 Å². The first-order chi connectivity index (χ1) is 53.9. The number of hydrogen-bond acceptors (Lipinski definition) is 12. The summed E-state index contributed by atoms with van der Waals surface area (Å²) in [5.41, 5.74) is 14.5. The Labute approximate surface area is 672 Å². The van der Waals surface area contributed by atoms with Gasteiger partial charge < -0.3 is 34.7 Å². The van der Waals surface area contributed by atoms with Gasteiger partial charge >= 0.3 is 0 Å². The second-order valence-electron chi connectivity index (χ2n) is 29.1. The number of nitrogens with one attached hydrogen (secondary N) is 1. The number of benzene rings is 8. The molecule has 0 radical (unpaired) electrons. The lowest BCUT2D eigenvalue weighted by Gasteiger charge is -2.50. The summed E-state index contributed by atoms with van der Waals surface area (Å²) in [4.78, 5) is 79.1. The first-order valence-corrected chi connectivity index (χ1v) is 37.9. The monoisotopic (exact) mass is 1620 g/mol. The van der Waals surface area contributed by atoms with Crippen LogP contribution in [0, 0.1) is 23.4 Å². The van der Waals surface area contributed by atoms with Gasteiger partial charge in [-0.25, -0.2) is 13.2 Å². The average molecular weight is 1620 g/mol. The van der Waals surface area contributed by atoms with Gasteiger partial charge in [-0.3, -0.25) is 52.8 Å². The third-order valence-electron chi connectivity index (χ3n) is 22.9. The van der Waals surface area contributed by atoms with Gasteiger partial charge in [-0.15, -0.1) is 23.2 Å². The van der Waals surface area contributed by atoms with Crippen LogP contribution >= 0.6 is 58.0 Å². The summed E-state index contributed by atoms with van der Waals surface area (Å²) in [5, 5.41) is 14.9. The Morgan fingerprint density at radius 3 is 1.65 bits per heavy atom. The maximum Gasteiger partial charge on any atom is 0.277 e. The number of nitrogens with zero attached hydrogens (tertiary/aromatic N) is 8. The standard InChI is InChI=1S/C31H23ClFN3O3.C24H19ClFN3O3.C16H10Cl3F.C15H15N3O3.CH4/c1-34-18-36(35-14-13-26(37)29(28(35)30(34)38)39-17-19-7-3-2-4-8-19)31-21(15-20-9-5-6-10-23(20)31)16-22-24(31)11-12-25(33)27(22)32;1-27-12-29(28-9-8-19(30)22(31)21(28)23(27)32)24-14(10-13-4-2-3-5-16(13)24)11-15-17(24)6-7-18(26)20(15)25;17-14-10-8-15(18)7-9-3-1-2-4-11(9)16(15,19)12(10)5-6-13(14)20;1-17-10-16-18-8-7-12(19)14(13(18)15(17)20)21-9-11-5-3-2-4-6-11;/h2-14,16H,15,17-18H2,1H3;2-9,14,31H,10-12H2,1H3;1-6H,7-8H2;2-8,16H,9-10H2,1H3;1H4. The van der Waals surface area contributed by atoms with Crippen LogP contribution in [0.2, 0.25) is 15.1 Å². The summed E-state index contributed by atoms with van der Waals surface area (Å²) < 4.78 is 59.2. The second-order valence-corrected chi connectivity index (χ2v) is 31.5. The molecule has 3 aromatic heterocycles. The second kappa shape index (κ2) is 28.8. The molecule has 0 fully saturated rings. The number of rotatable bonds is 8. The summed E-state index contributed by atoms with van der Waals surface area (Å²) in [6.07, 6.45) is 9.79. The minimum atomic E-state index is -0.862. The van der Waals surface area contributed by atoms with Crippen molar-refractivity contribution in [2.24, 2.45) is 5.92 Å². The predicted molar refractivity (Wildman–Crippen MR) is 429 cm³/mol. The molecule has 3 amide bonds. The van der Waals surface area contributed by atoms with Crippen LogP contribution in [0.4, 0.5) is 13.2 Å². The third-order valence-corrected chi connectivity index (χ3v) is 25.5. The smallest absolute Gasteiger partial charge is 0.277 e. The molecule has 574 valence electrons. The maximum atomic E-state index is 14.6. The van der Waals surface area contributed by atoms with E-state index in [9.17, 15) is 47.0 Å². The van der Waals surface area contributed by atoms with E-state index in [0.29, 0.717) is 37.9 Å². The van der Waals surface area contributed by atoms with Crippen molar-refractivity contribution in [2.75, 3.05) is 56.6 Å². The predicted octanol–water partition coefficient (Wildman–Crippen LogP) is 14.8. The fourth-order valence-corrected chi connectivity index (χ4v) is 19.5. The summed E-state index contributed by atoms with van der Waals surface area (Å²) in [6, 6.07) is 56.7. The highest BCUT2D eigenvalue weighted by Gasteiger charge is 2.63. The van der Waals surface area contributed by atoms with E-state index in [4.69, 9.17) is 67.5 Å². The molecule has 5 unspecified atom stereocenters. The summed E-state index contributed by atoms with van der Waals surface area (Å²) in [7, 11) is 5.00. The number of carbonyl (C=O) groups excluding carboxylic acids is 3.